The number of nitrogens with one attached hydrogen (secondary N) is 3. The van der Waals surface area contributed by atoms with Crippen molar-refractivity contribution >= 4 is 52.9 Å². The molecule has 3 amide bonds. The van der Waals surface area contributed by atoms with Crippen LogP contribution in [0, 0.1) is 0 Å². The van der Waals surface area contributed by atoms with Gasteiger partial charge in [0.25, 0.3) is 11.8 Å². The third-order valence-corrected chi connectivity index (χ3v) is 7.80. The quantitative estimate of drug-likeness (QED) is 0.0857. The summed E-state index contributed by atoms with van der Waals surface area (Å²) in [7, 11) is 3.04. The van der Waals surface area contributed by atoms with Crippen LogP contribution in [0.3, 0.4) is 0 Å². The third kappa shape index (κ3) is 9.72. The van der Waals surface area contributed by atoms with Gasteiger partial charge in [0, 0.05) is 33.5 Å². The predicted molar refractivity (Wildman–Crippen MR) is 183 cm³/mol. The molecule has 10 nitrogen and oxygen atoms in total. The maximum atomic E-state index is 13.6. The summed E-state index contributed by atoms with van der Waals surface area (Å²) < 4.78 is 15.8. The number of ether oxygens (including phenoxy) is 3. The first-order chi connectivity index (χ1) is 22.7. The lowest BCUT2D eigenvalue weighted by atomic mass is 10.1. The summed E-state index contributed by atoms with van der Waals surface area (Å²) in [6, 6.07) is 27.2. The lowest BCUT2D eigenvalue weighted by Gasteiger charge is -2.15. The molecule has 11 heteroatoms. The average Bonchev–Trinajstić information content (AvgIpc) is 3.08. The number of thioether (sulfide) groups is 1. The van der Waals surface area contributed by atoms with Crippen LogP contribution in [0.25, 0.3) is 6.08 Å². The number of benzene rings is 4. The molecule has 0 saturated heterocycles. The van der Waals surface area contributed by atoms with Crippen molar-refractivity contribution in [1.82, 2.24) is 5.32 Å². The largest absolute Gasteiger partial charge is 0.497 e. The Hall–Kier alpha value is -5.55. The van der Waals surface area contributed by atoms with Crippen molar-refractivity contribution in [1.29, 1.82) is 0 Å². The van der Waals surface area contributed by atoms with E-state index >= 15 is 0 Å². The van der Waals surface area contributed by atoms with Crippen molar-refractivity contribution in [2.75, 3.05) is 31.5 Å². The molecule has 0 aromatic heterocycles. The number of anilines is 2. The van der Waals surface area contributed by atoms with Crippen LogP contribution in [0.4, 0.5) is 11.4 Å². The molecule has 0 heterocycles. The minimum Gasteiger partial charge on any atom is -0.497 e. The number of carbonyl (C=O) groups is 4. The van der Waals surface area contributed by atoms with Crippen LogP contribution in [0.15, 0.2) is 108 Å². The van der Waals surface area contributed by atoms with E-state index in [1.807, 2.05) is 6.07 Å². The molecular formula is C36H35N3O7S. The smallest absolute Gasteiger partial charge is 0.338 e. The summed E-state index contributed by atoms with van der Waals surface area (Å²) in [6.07, 6.45) is 1.53. The van der Waals surface area contributed by atoms with E-state index in [0.29, 0.717) is 39.6 Å². The second kappa shape index (κ2) is 16.7. The molecular weight excluding hydrogens is 618 g/mol. The molecule has 4 aromatic carbocycles. The number of hydrogen-bond acceptors (Lipinski definition) is 8. The number of hydrogen-bond donors (Lipinski definition) is 3. The molecule has 1 unspecified atom stereocenters. The molecule has 0 bridgehead atoms. The monoisotopic (exact) mass is 653 g/mol. The molecule has 242 valence electrons. The molecule has 0 saturated carbocycles. The fourth-order valence-electron chi connectivity index (χ4n) is 4.29. The van der Waals surface area contributed by atoms with Crippen LogP contribution >= 0.6 is 11.8 Å². The first kappa shape index (κ1) is 34.3. The maximum absolute atomic E-state index is 13.6. The summed E-state index contributed by atoms with van der Waals surface area (Å²) in [5.74, 6) is -0.671. The lowest BCUT2D eigenvalue weighted by Crippen LogP contribution is -2.30. The van der Waals surface area contributed by atoms with E-state index in [2.05, 4.69) is 16.0 Å². The van der Waals surface area contributed by atoms with Crippen molar-refractivity contribution in [2.45, 2.75) is 24.0 Å². The zero-order valence-electron chi connectivity index (χ0n) is 26.4. The highest BCUT2D eigenvalue weighted by molar-refractivity contribution is 8.00. The number of rotatable bonds is 13. The van der Waals surface area contributed by atoms with E-state index in [9.17, 15) is 19.2 Å². The SMILES string of the molecule is CCOC(=O)c1ccc(NC(=O)C(C)Sc2cccc(NC(=O)/C(=C\c3ccc(OC)cc3OC)NC(=O)c3ccccc3)c2)cc1. The van der Waals surface area contributed by atoms with Gasteiger partial charge in [-0.25, -0.2) is 4.79 Å². The summed E-state index contributed by atoms with van der Waals surface area (Å²) >= 11 is 1.30. The van der Waals surface area contributed by atoms with E-state index in [1.165, 1.54) is 32.1 Å². The Labute approximate surface area is 277 Å². The van der Waals surface area contributed by atoms with Crippen LogP contribution in [0.5, 0.6) is 11.5 Å². The van der Waals surface area contributed by atoms with E-state index in [0.717, 1.165) is 4.90 Å². The lowest BCUT2D eigenvalue weighted by molar-refractivity contribution is -0.115. The molecule has 47 heavy (non-hydrogen) atoms. The van der Waals surface area contributed by atoms with Crippen LogP contribution in [-0.2, 0) is 14.3 Å². The van der Waals surface area contributed by atoms with Crippen LogP contribution in [-0.4, -0.2) is 49.8 Å². The minimum atomic E-state index is -0.564. The van der Waals surface area contributed by atoms with Gasteiger partial charge in [0.2, 0.25) is 5.91 Å². The molecule has 0 aliphatic carbocycles. The topological polar surface area (TPSA) is 132 Å². The fourth-order valence-corrected chi connectivity index (χ4v) is 5.21. The summed E-state index contributed by atoms with van der Waals surface area (Å²) in [5, 5.41) is 7.92. The molecule has 3 N–H and O–H groups in total. The van der Waals surface area contributed by atoms with Gasteiger partial charge < -0.3 is 30.2 Å². The summed E-state index contributed by atoms with van der Waals surface area (Å²) in [5.41, 5.74) is 2.32. The van der Waals surface area contributed by atoms with Crippen molar-refractivity contribution in [3.05, 3.63) is 119 Å². The van der Waals surface area contributed by atoms with Gasteiger partial charge in [0.1, 0.15) is 17.2 Å². The zero-order valence-corrected chi connectivity index (χ0v) is 27.2. The van der Waals surface area contributed by atoms with Gasteiger partial charge in [-0.1, -0.05) is 24.3 Å². The second-order valence-electron chi connectivity index (χ2n) is 10.0. The van der Waals surface area contributed by atoms with Crippen molar-refractivity contribution in [2.24, 2.45) is 0 Å². The highest BCUT2D eigenvalue weighted by Gasteiger charge is 2.18. The minimum absolute atomic E-state index is 0.0119. The van der Waals surface area contributed by atoms with Crippen LogP contribution < -0.4 is 25.4 Å². The van der Waals surface area contributed by atoms with Crippen molar-refractivity contribution < 1.29 is 33.4 Å². The van der Waals surface area contributed by atoms with E-state index in [4.69, 9.17) is 14.2 Å². The van der Waals surface area contributed by atoms with E-state index in [1.54, 1.807) is 105 Å². The number of methoxy groups -OCH3 is 2. The maximum Gasteiger partial charge on any atom is 0.338 e. The molecule has 0 fully saturated rings. The molecule has 1 atom stereocenters. The Bertz CT molecular complexity index is 1760. The first-order valence-electron chi connectivity index (χ1n) is 14.7. The molecule has 0 spiro atoms. The van der Waals surface area contributed by atoms with Crippen molar-refractivity contribution in [3.8, 4) is 11.5 Å². The standard InChI is InChI=1S/C36H35N3O7S/c1-5-46-36(43)25-14-17-27(18-15-25)37-33(40)23(2)47-30-13-9-12-28(21-30)38-35(42)31(39-34(41)24-10-7-6-8-11-24)20-26-16-19-29(44-3)22-32(26)45-4/h6-23H,5H2,1-4H3,(H,37,40)(H,38,42)(H,39,41)/b31-20+. The van der Waals surface area contributed by atoms with Crippen LogP contribution in [0.2, 0.25) is 0 Å². The average molecular weight is 654 g/mol. The Morgan fingerprint density at radius 2 is 1.53 bits per heavy atom. The third-order valence-electron chi connectivity index (χ3n) is 6.71. The molecule has 0 aliphatic rings. The molecule has 4 aromatic rings. The van der Waals surface area contributed by atoms with Gasteiger partial charge in [0.05, 0.1) is 31.6 Å². The summed E-state index contributed by atoms with van der Waals surface area (Å²) in [6.45, 7) is 3.77. The van der Waals surface area contributed by atoms with Gasteiger partial charge in [-0.05, 0) is 86.7 Å². The van der Waals surface area contributed by atoms with Crippen molar-refractivity contribution in [3.63, 3.8) is 0 Å². The van der Waals surface area contributed by atoms with Gasteiger partial charge in [-0.3, -0.25) is 14.4 Å². The van der Waals surface area contributed by atoms with Gasteiger partial charge in [-0.2, -0.15) is 0 Å². The second-order valence-corrected chi connectivity index (χ2v) is 11.4. The number of amides is 3. The van der Waals surface area contributed by atoms with Gasteiger partial charge >= 0.3 is 5.97 Å². The first-order valence-corrected chi connectivity index (χ1v) is 15.5. The van der Waals surface area contributed by atoms with Gasteiger partial charge in [-0.15, -0.1) is 11.8 Å². The fraction of sp³-hybridized carbons (Fsp3) is 0.167. The Morgan fingerprint density at radius 3 is 2.21 bits per heavy atom. The van der Waals surface area contributed by atoms with E-state index in [-0.39, 0.29) is 18.2 Å². The highest BCUT2D eigenvalue weighted by atomic mass is 32.2. The Morgan fingerprint density at radius 1 is 0.787 bits per heavy atom. The van der Waals surface area contributed by atoms with E-state index < -0.39 is 23.0 Å². The zero-order chi connectivity index (χ0) is 33.8. The van der Waals surface area contributed by atoms with Gasteiger partial charge in [0.15, 0.2) is 0 Å². The predicted octanol–water partition coefficient (Wildman–Crippen LogP) is 6.41. The Kier molecular flexibility index (Phi) is 12.2. The highest BCUT2D eigenvalue weighted by Crippen LogP contribution is 2.28. The molecule has 0 radical (unpaired) electrons. The normalized spacial score (nSPS) is 11.5. The molecule has 4 rings (SSSR count). The Balaban J connectivity index is 1.48. The summed E-state index contributed by atoms with van der Waals surface area (Å²) in [4.78, 5) is 52.2. The number of carbonyl (C=O) groups excluding carboxylic acids is 4. The molecule has 0 aliphatic heterocycles. The van der Waals surface area contributed by atoms with Crippen LogP contribution in [0.1, 0.15) is 40.1 Å². The number of esters is 1.